The normalized spacial score (nSPS) is 16.4. The van der Waals surface area contributed by atoms with Crippen LogP contribution in [0.4, 0.5) is 5.69 Å². The lowest BCUT2D eigenvalue weighted by atomic mass is 10.2. The minimum Gasteiger partial charge on any atom is -0.436 e. The van der Waals surface area contributed by atoms with Gasteiger partial charge in [-0.1, -0.05) is 18.2 Å². The van der Waals surface area contributed by atoms with Crippen LogP contribution in [-0.4, -0.2) is 40.2 Å². The first-order valence-corrected chi connectivity index (χ1v) is 9.20. The van der Waals surface area contributed by atoms with E-state index >= 15 is 0 Å². The molecule has 7 heteroatoms. The van der Waals surface area contributed by atoms with Gasteiger partial charge in [-0.05, 0) is 36.4 Å². The van der Waals surface area contributed by atoms with Crippen LogP contribution in [0.25, 0.3) is 22.6 Å². The van der Waals surface area contributed by atoms with Crippen LogP contribution in [0, 0.1) is 0 Å². The largest absolute Gasteiger partial charge is 0.436 e. The topological polar surface area (TPSA) is 83.7 Å². The molecule has 29 heavy (non-hydrogen) atoms. The van der Waals surface area contributed by atoms with E-state index in [0.29, 0.717) is 17.2 Å². The Labute approximate surface area is 167 Å². The van der Waals surface area contributed by atoms with E-state index in [2.05, 4.69) is 11.6 Å². The number of carbonyl (C=O) groups is 3. The van der Waals surface area contributed by atoms with Crippen LogP contribution in [0.3, 0.4) is 0 Å². The first-order chi connectivity index (χ1) is 14.0. The van der Waals surface area contributed by atoms with Crippen molar-refractivity contribution in [1.82, 2.24) is 9.88 Å². The maximum absolute atomic E-state index is 12.9. The third-order valence-corrected chi connectivity index (χ3v) is 4.90. The average molecular weight is 389 g/mol. The van der Waals surface area contributed by atoms with Crippen molar-refractivity contribution in [3.05, 3.63) is 61.2 Å². The third-order valence-electron chi connectivity index (χ3n) is 4.90. The van der Waals surface area contributed by atoms with E-state index in [-0.39, 0.29) is 24.8 Å². The van der Waals surface area contributed by atoms with Gasteiger partial charge in [0.05, 0.1) is 12.1 Å². The smallest absolute Gasteiger partial charge is 0.257 e. The standard InChI is InChI=1S/C22H19N3O4/c1-3-12-24(14(2)26)18-13-20(27)25(22(18)28)16-10-8-15(9-11-16)21-23-17-6-4-5-7-19(17)29-21/h3-11,18H,1,12-13H2,2H3. The summed E-state index contributed by atoms with van der Waals surface area (Å²) < 4.78 is 5.75. The predicted molar refractivity (Wildman–Crippen MR) is 108 cm³/mol. The Kier molecular flexibility index (Phi) is 4.72. The summed E-state index contributed by atoms with van der Waals surface area (Å²) >= 11 is 0. The molecule has 2 heterocycles. The van der Waals surface area contributed by atoms with Gasteiger partial charge in [0.2, 0.25) is 17.7 Å². The number of oxazole rings is 1. The second kappa shape index (κ2) is 7.35. The molecule has 0 saturated carbocycles. The Morgan fingerprint density at radius 2 is 1.97 bits per heavy atom. The number of fused-ring (bicyclic) bond motifs is 1. The molecule has 0 radical (unpaired) electrons. The summed E-state index contributed by atoms with van der Waals surface area (Å²) in [5, 5.41) is 0. The second-order valence-electron chi connectivity index (χ2n) is 6.78. The highest BCUT2D eigenvalue weighted by Crippen LogP contribution is 2.29. The quantitative estimate of drug-likeness (QED) is 0.494. The fraction of sp³-hybridized carbons (Fsp3) is 0.182. The molecule has 7 nitrogen and oxygen atoms in total. The molecule has 4 rings (SSSR count). The number of benzene rings is 2. The Morgan fingerprint density at radius 1 is 1.24 bits per heavy atom. The Bertz CT molecular complexity index is 1080. The fourth-order valence-electron chi connectivity index (χ4n) is 3.49. The molecule has 0 spiro atoms. The Morgan fingerprint density at radius 3 is 2.62 bits per heavy atom. The van der Waals surface area contributed by atoms with Crippen molar-refractivity contribution >= 4 is 34.5 Å². The van der Waals surface area contributed by atoms with Crippen LogP contribution < -0.4 is 4.90 Å². The summed E-state index contributed by atoms with van der Waals surface area (Å²) in [7, 11) is 0. The summed E-state index contributed by atoms with van der Waals surface area (Å²) in [4.78, 5) is 44.2. The number of carbonyl (C=O) groups excluding carboxylic acids is 3. The van der Waals surface area contributed by atoms with E-state index in [9.17, 15) is 14.4 Å². The highest BCUT2D eigenvalue weighted by molar-refractivity contribution is 6.23. The summed E-state index contributed by atoms with van der Waals surface area (Å²) in [5.74, 6) is -0.570. The maximum atomic E-state index is 12.9. The lowest BCUT2D eigenvalue weighted by Gasteiger charge is -2.25. The zero-order valence-electron chi connectivity index (χ0n) is 15.9. The average Bonchev–Trinajstić information content (AvgIpc) is 3.27. The van der Waals surface area contributed by atoms with Crippen molar-refractivity contribution in [2.24, 2.45) is 0 Å². The first kappa shape index (κ1) is 18.6. The third kappa shape index (κ3) is 3.31. The van der Waals surface area contributed by atoms with Crippen molar-refractivity contribution in [2.75, 3.05) is 11.4 Å². The number of rotatable bonds is 5. The number of imide groups is 1. The molecule has 2 aromatic carbocycles. The summed E-state index contributed by atoms with van der Waals surface area (Å²) in [5.41, 5.74) is 2.62. The zero-order chi connectivity index (χ0) is 20.5. The molecule has 1 saturated heterocycles. The molecule has 1 aromatic heterocycles. The molecule has 0 bridgehead atoms. The highest BCUT2D eigenvalue weighted by Gasteiger charge is 2.43. The number of hydrogen-bond acceptors (Lipinski definition) is 5. The van der Waals surface area contributed by atoms with Crippen LogP contribution in [0.15, 0.2) is 65.6 Å². The Balaban J connectivity index is 1.60. The number of amides is 3. The number of nitrogens with zero attached hydrogens (tertiary/aromatic N) is 3. The van der Waals surface area contributed by atoms with E-state index in [1.165, 1.54) is 17.9 Å². The molecule has 0 aliphatic carbocycles. The van der Waals surface area contributed by atoms with Crippen molar-refractivity contribution < 1.29 is 18.8 Å². The molecule has 1 unspecified atom stereocenters. The first-order valence-electron chi connectivity index (χ1n) is 9.20. The number of aromatic nitrogens is 1. The second-order valence-corrected chi connectivity index (χ2v) is 6.78. The molecule has 0 N–H and O–H groups in total. The van der Waals surface area contributed by atoms with Gasteiger partial charge in [-0.25, -0.2) is 9.88 Å². The molecular formula is C22H19N3O4. The lowest BCUT2D eigenvalue weighted by molar-refractivity contribution is -0.135. The van der Waals surface area contributed by atoms with Crippen molar-refractivity contribution in [3.63, 3.8) is 0 Å². The molecule has 1 fully saturated rings. The number of para-hydroxylation sites is 2. The van der Waals surface area contributed by atoms with Crippen LogP contribution in [0.1, 0.15) is 13.3 Å². The summed E-state index contributed by atoms with van der Waals surface area (Å²) in [6.07, 6.45) is 1.50. The molecule has 3 amide bonds. The monoisotopic (exact) mass is 389 g/mol. The van der Waals surface area contributed by atoms with Gasteiger partial charge in [-0.2, -0.15) is 0 Å². The molecule has 1 atom stereocenters. The van der Waals surface area contributed by atoms with Gasteiger partial charge in [0.25, 0.3) is 5.91 Å². The highest BCUT2D eigenvalue weighted by atomic mass is 16.3. The zero-order valence-corrected chi connectivity index (χ0v) is 15.9. The van der Waals surface area contributed by atoms with Gasteiger partial charge in [0.1, 0.15) is 11.6 Å². The van der Waals surface area contributed by atoms with E-state index < -0.39 is 11.9 Å². The van der Waals surface area contributed by atoms with Gasteiger partial charge in [0, 0.05) is 19.0 Å². The van der Waals surface area contributed by atoms with E-state index in [1.54, 1.807) is 24.3 Å². The van der Waals surface area contributed by atoms with Crippen LogP contribution in [0.2, 0.25) is 0 Å². The van der Waals surface area contributed by atoms with Gasteiger partial charge >= 0.3 is 0 Å². The summed E-state index contributed by atoms with van der Waals surface area (Å²) in [6, 6.07) is 13.5. The van der Waals surface area contributed by atoms with Gasteiger partial charge in [0.15, 0.2) is 5.58 Å². The molecule has 1 aliphatic rings. The number of anilines is 1. The van der Waals surface area contributed by atoms with E-state index in [4.69, 9.17) is 4.42 Å². The maximum Gasteiger partial charge on any atom is 0.257 e. The van der Waals surface area contributed by atoms with Gasteiger partial charge in [-0.3, -0.25) is 14.4 Å². The molecule has 1 aliphatic heterocycles. The summed E-state index contributed by atoms with van der Waals surface area (Å²) in [6.45, 7) is 5.20. The molecule has 3 aromatic rings. The van der Waals surface area contributed by atoms with Gasteiger partial charge < -0.3 is 9.32 Å². The molecular weight excluding hydrogens is 370 g/mol. The number of hydrogen-bond donors (Lipinski definition) is 0. The molecule has 146 valence electrons. The predicted octanol–water partition coefficient (Wildman–Crippen LogP) is 3.16. The SMILES string of the molecule is C=CCN(C(C)=O)C1CC(=O)N(c2ccc(-c3nc4ccccc4o3)cc2)C1=O. The van der Waals surface area contributed by atoms with Crippen LogP contribution in [-0.2, 0) is 14.4 Å². The minimum atomic E-state index is -0.810. The van der Waals surface area contributed by atoms with Crippen molar-refractivity contribution in [2.45, 2.75) is 19.4 Å². The fourth-order valence-corrected chi connectivity index (χ4v) is 3.49. The minimum absolute atomic E-state index is 0.0425. The Hall–Kier alpha value is -3.74. The van der Waals surface area contributed by atoms with E-state index in [0.717, 1.165) is 16.0 Å². The van der Waals surface area contributed by atoms with Crippen LogP contribution in [0.5, 0.6) is 0 Å². The van der Waals surface area contributed by atoms with E-state index in [1.807, 2.05) is 24.3 Å². The van der Waals surface area contributed by atoms with Crippen LogP contribution >= 0.6 is 0 Å². The lowest BCUT2D eigenvalue weighted by Crippen LogP contribution is -2.44. The van der Waals surface area contributed by atoms with Crippen molar-refractivity contribution in [1.29, 1.82) is 0 Å². The van der Waals surface area contributed by atoms with Crippen molar-refractivity contribution in [3.8, 4) is 11.5 Å². The van der Waals surface area contributed by atoms with Gasteiger partial charge in [-0.15, -0.1) is 6.58 Å².